The van der Waals surface area contributed by atoms with Gasteiger partial charge in [0, 0.05) is 12.0 Å². The minimum absolute atomic E-state index is 0.0180. The summed E-state index contributed by atoms with van der Waals surface area (Å²) in [6.07, 6.45) is 2.34. The molecular formula is C33H30N2O6S. The molecule has 2 aliphatic heterocycles. The Kier molecular flexibility index (Phi) is 7.20. The lowest BCUT2D eigenvalue weighted by Gasteiger charge is -2.24. The SMILES string of the molecule is C=CCOc1ccc([C@@H]2C(=C(O)c3ccc4c(c3)C[C@H](C)O4)C(=O)C(=O)N2c2nc3ccc(C)cc3s2)cc1OCC. The van der Waals surface area contributed by atoms with Crippen LogP contribution in [0, 0.1) is 6.92 Å². The molecule has 3 aromatic carbocycles. The molecule has 1 aromatic heterocycles. The number of hydrogen-bond donors (Lipinski definition) is 1. The van der Waals surface area contributed by atoms with Gasteiger partial charge in [0.1, 0.15) is 24.2 Å². The fourth-order valence-electron chi connectivity index (χ4n) is 5.42. The van der Waals surface area contributed by atoms with Crippen molar-refractivity contribution < 1.29 is 28.9 Å². The maximum absolute atomic E-state index is 13.7. The number of benzene rings is 3. The molecule has 0 unspecified atom stereocenters. The standard InChI is InChI=1S/C33H30N2O6S/c1-5-13-40-25-12-8-20(17-26(25)39-6-2)29-28(30(36)21-9-11-24-22(16-21)15-19(4)41-24)31(37)32(38)35(29)33-34-23-10-7-18(3)14-27(23)42-33/h5,7-12,14,16-17,19,29,36H,1,6,13,15H2,2-4H3/t19-,29+/m0/s1. The molecule has 42 heavy (non-hydrogen) atoms. The molecule has 0 radical (unpaired) electrons. The summed E-state index contributed by atoms with van der Waals surface area (Å²) in [6.45, 7) is 10.2. The van der Waals surface area contributed by atoms with Crippen molar-refractivity contribution in [1.29, 1.82) is 0 Å². The molecule has 214 valence electrons. The number of aromatic nitrogens is 1. The molecule has 1 amide bonds. The molecule has 9 heteroatoms. The summed E-state index contributed by atoms with van der Waals surface area (Å²) in [5.41, 5.74) is 3.69. The third-order valence-corrected chi connectivity index (χ3v) is 8.31. The Bertz CT molecular complexity index is 1770. The van der Waals surface area contributed by atoms with E-state index in [0.29, 0.717) is 40.8 Å². The zero-order valence-corrected chi connectivity index (χ0v) is 24.4. The molecule has 1 fully saturated rings. The first-order valence-electron chi connectivity index (χ1n) is 13.8. The number of aliphatic hydroxyl groups is 1. The second-order valence-electron chi connectivity index (χ2n) is 10.3. The number of aliphatic hydroxyl groups excluding tert-OH is 1. The van der Waals surface area contributed by atoms with Gasteiger partial charge in [-0.1, -0.05) is 36.1 Å². The number of carbonyl (C=O) groups excluding carboxylic acids is 2. The van der Waals surface area contributed by atoms with Gasteiger partial charge in [-0.25, -0.2) is 4.98 Å². The number of ketones is 1. The number of carbonyl (C=O) groups is 2. The van der Waals surface area contributed by atoms with Gasteiger partial charge in [0.25, 0.3) is 5.78 Å². The zero-order chi connectivity index (χ0) is 29.5. The number of ether oxygens (including phenoxy) is 3. The molecule has 2 aliphatic rings. The highest BCUT2D eigenvalue weighted by molar-refractivity contribution is 7.22. The predicted octanol–water partition coefficient (Wildman–Crippen LogP) is 6.52. The molecule has 0 aliphatic carbocycles. The average Bonchev–Trinajstić information content (AvgIpc) is 3.63. The molecule has 6 rings (SSSR count). The van der Waals surface area contributed by atoms with Crippen LogP contribution >= 0.6 is 11.3 Å². The zero-order valence-electron chi connectivity index (χ0n) is 23.5. The highest BCUT2D eigenvalue weighted by Gasteiger charge is 2.48. The Morgan fingerprint density at radius 3 is 2.76 bits per heavy atom. The highest BCUT2D eigenvalue weighted by atomic mass is 32.1. The molecule has 0 spiro atoms. The summed E-state index contributed by atoms with van der Waals surface area (Å²) in [4.78, 5) is 33.6. The largest absolute Gasteiger partial charge is 0.507 e. The van der Waals surface area contributed by atoms with Crippen molar-refractivity contribution in [3.8, 4) is 17.2 Å². The quantitative estimate of drug-likeness (QED) is 0.109. The summed E-state index contributed by atoms with van der Waals surface area (Å²) < 4.78 is 18.4. The van der Waals surface area contributed by atoms with Crippen LogP contribution in [0.5, 0.6) is 17.2 Å². The topological polar surface area (TPSA) is 98.2 Å². The average molecular weight is 583 g/mol. The Morgan fingerprint density at radius 1 is 1.14 bits per heavy atom. The number of amides is 1. The Labute approximate surface area is 247 Å². The minimum Gasteiger partial charge on any atom is -0.507 e. The maximum Gasteiger partial charge on any atom is 0.301 e. The van der Waals surface area contributed by atoms with Gasteiger partial charge in [0.15, 0.2) is 16.6 Å². The third kappa shape index (κ3) is 4.79. The van der Waals surface area contributed by atoms with Crippen molar-refractivity contribution in [3.05, 3.63) is 95.1 Å². The Balaban J connectivity index is 1.54. The van der Waals surface area contributed by atoms with Crippen molar-refractivity contribution >= 4 is 44.1 Å². The molecule has 1 N–H and O–H groups in total. The summed E-state index contributed by atoms with van der Waals surface area (Å²) in [5.74, 6) is -0.113. The van der Waals surface area contributed by atoms with Crippen LogP contribution in [-0.4, -0.2) is 41.1 Å². The first-order valence-corrected chi connectivity index (χ1v) is 14.6. The molecule has 2 atom stereocenters. The summed E-state index contributed by atoms with van der Waals surface area (Å²) in [5, 5.41) is 12.0. The molecular weight excluding hydrogens is 552 g/mol. The number of rotatable bonds is 8. The highest BCUT2D eigenvalue weighted by Crippen LogP contribution is 2.46. The molecule has 0 bridgehead atoms. The van der Waals surface area contributed by atoms with Crippen molar-refractivity contribution in [2.45, 2.75) is 39.3 Å². The van der Waals surface area contributed by atoms with E-state index in [4.69, 9.17) is 19.2 Å². The smallest absolute Gasteiger partial charge is 0.301 e. The molecule has 4 aromatic rings. The fraction of sp³-hybridized carbons (Fsp3) is 0.242. The maximum atomic E-state index is 13.7. The number of anilines is 1. The molecule has 3 heterocycles. The van der Waals surface area contributed by atoms with Crippen LogP contribution in [0.25, 0.3) is 16.0 Å². The number of hydrogen-bond acceptors (Lipinski definition) is 8. The second-order valence-corrected chi connectivity index (χ2v) is 11.3. The van der Waals surface area contributed by atoms with Gasteiger partial charge in [0.2, 0.25) is 0 Å². The number of aryl methyl sites for hydroxylation is 1. The van der Waals surface area contributed by atoms with Gasteiger partial charge in [-0.15, -0.1) is 0 Å². The van der Waals surface area contributed by atoms with Crippen molar-refractivity contribution in [1.82, 2.24) is 4.98 Å². The number of Topliss-reactive ketones (excluding diaryl/α,β-unsaturated/α-hetero) is 1. The van der Waals surface area contributed by atoms with Crippen LogP contribution in [0.3, 0.4) is 0 Å². The first kappa shape index (κ1) is 27.5. The van der Waals surface area contributed by atoms with Crippen LogP contribution in [0.4, 0.5) is 5.13 Å². The van der Waals surface area contributed by atoms with Gasteiger partial charge in [-0.05, 0) is 79.9 Å². The van der Waals surface area contributed by atoms with Crippen molar-refractivity contribution in [2.24, 2.45) is 0 Å². The predicted molar refractivity (Wildman–Crippen MR) is 163 cm³/mol. The van der Waals surface area contributed by atoms with E-state index in [1.807, 2.05) is 45.0 Å². The lowest BCUT2D eigenvalue weighted by Crippen LogP contribution is -2.29. The van der Waals surface area contributed by atoms with E-state index in [2.05, 4.69) is 6.58 Å². The van der Waals surface area contributed by atoms with E-state index < -0.39 is 17.7 Å². The van der Waals surface area contributed by atoms with Crippen LogP contribution < -0.4 is 19.1 Å². The van der Waals surface area contributed by atoms with Gasteiger partial charge >= 0.3 is 5.91 Å². The Morgan fingerprint density at radius 2 is 1.98 bits per heavy atom. The van der Waals surface area contributed by atoms with Gasteiger partial charge in [-0.3, -0.25) is 14.5 Å². The summed E-state index contributed by atoms with van der Waals surface area (Å²) in [7, 11) is 0. The van der Waals surface area contributed by atoms with Crippen LogP contribution in [0.2, 0.25) is 0 Å². The van der Waals surface area contributed by atoms with Crippen LogP contribution in [0.15, 0.2) is 72.8 Å². The van der Waals surface area contributed by atoms with Crippen LogP contribution in [0.1, 0.15) is 42.1 Å². The third-order valence-electron chi connectivity index (χ3n) is 7.29. The fourth-order valence-corrected chi connectivity index (χ4v) is 6.51. The molecule has 8 nitrogen and oxygen atoms in total. The number of thiazole rings is 1. The molecule has 1 saturated heterocycles. The summed E-state index contributed by atoms with van der Waals surface area (Å²) in [6, 6.07) is 15.4. The van der Waals surface area contributed by atoms with Gasteiger partial charge in [-0.2, -0.15) is 0 Å². The van der Waals surface area contributed by atoms with Crippen molar-refractivity contribution in [2.75, 3.05) is 18.1 Å². The lowest BCUT2D eigenvalue weighted by molar-refractivity contribution is -0.132. The molecule has 0 saturated carbocycles. The first-order chi connectivity index (χ1) is 20.3. The van der Waals surface area contributed by atoms with E-state index in [9.17, 15) is 14.7 Å². The van der Waals surface area contributed by atoms with Gasteiger partial charge in [0.05, 0.1) is 28.4 Å². The van der Waals surface area contributed by atoms with E-state index in [1.54, 1.807) is 36.4 Å². The minimum atomic E-state index is -0.956. The van der Waals surface area contributed by atoms with Crippen LogP contribution in [-0.2, 0) is 16.0 Å². The monoisotopic (exact) mass is 582 g/mol. The number of fused-ring (bicyclic) bond motifs is 2. The van der Waals surface area contributed by atoms with E-state index >= 15 is 0 Å². The van der Waals surface area contributed by atoms with E-state index in [1.165, 1.54) is 16.2 Å². The normalized spacial score (nSPS) is 19.2. The second kappa shape index (κ2) is 11.0. The number of nitrogens with zero attached hydrogens (tertiary/aromatic N) is 2. The summed E-state index contributed by atoms with van der Waals surface area (Å²) >= 11 is 1.32. The Hall–Kier alpha value is -4.63. The van der Waals surface area contributed by atoms with Gasteiger partial charge < -0.3 is 19.3 Å². The van der Waals surface area contributed by atoms with E-state index in [0.717, 1.165) is 27.1 Å². The lowest BCUT2D eigenvalue weighted by atomic mass is 9.94. The van der Waals surface area contributed by atoms with E-state index in [-0.39, 0.29) is 24.0 Å². The van der Waals surface area contributed by atoms with Crippen molar-refractivity contribution in [3.63, 3.8) is 0 Å².